The van der Waals surface area contributed by atoms with Crippen molar-refractivity contribution in [3.63, 3.8) is 0 Å². The van der Waals surface area contributed by atoms with Crippen molar-refractivity contribution in [3.05, 3.63) is 22.6 Å². The van der Waals surface area contributed by atoms with Crippen LogP contribution < -0.4 is 0 Å². The highest BCUT2D eigenvalue weighted by Gasteiger charge is 2.18. The van der Waals surface area contributed by atoms with Crippen molar-refractivity contribution in [2.24, 2.45) is 0 Å². The van der Waals surface area contributed by atoms with E-state index in [0.717, 1.165) is 29.1 Å². The molecule has 0 spiro atoms. The Morgan fingerprint density at radius 2 is 2.24 bits per heavy atom. The van der Waals surface area contributed by atoms with Gasteiger partial charge in [-0.05, 0) is 17.5 Å². The molecule has 0 saturated heterocycles. The predicted molar refractivity (Wildman–Crippen MR) is 66.3 cm³/mol. The van der Waals surface area contributed by atoms with E-state index in [9.17, 15) is 0 Å². The van der Waals surface area contributed by atoms with E-state index in [-0.39, 0.29) is 0 Å². The molecule has 0 atom stereocenters. The van der Waals surface area contributed by atoms with Gasteiger partial charge in [0.05, 0.1) is 6.61 Å². The van der Waals surface area contributed by atoms with E-state index in [1.165, 1.54) is 0 Å². The quantitative estimate of drug-likeness (QED) is 0.732. The van der Waals surface area contributed by atoms with Gasteiger partial charge in [-0.3, -0.25) is 0 Å². The fourth-order valence-corrected chi connectivity index (χ4v) is 2.51. The number of hydrogen-bond acceptors (Lipinski definition) is 3. The standard InChI is InChI=1S/C12H14ClN3O/c1-7(2)8-5-9-12(15-11(8)13)16-3-4-17-6-10(16)14-9/h5,7H,3-4,6H2,1-2H3. The smallest absolute Gasteiger partial charge is 0.161 e. The van der Waals surface area contributed by atoms with E-state index >= 15 is 0 Å². The van der Waals surface area contributed by atoms with Crippen LogP contribution in [0.2, 0.25) is 5.15 Å². The minimum absolute atomic E-state index is 0.356. The maximum atomic E-state index is 6.21. The van der Waals surface area contributed by atoms with Gasteiger partial charge in [0.25, 0.3) is 0 Å². The number of ether oxygens (including phenoxy) is 1. The SMILES string of the molecule is CC(C)c1cc2nc3n(c2nc1Cl)CCOC3. The molecule has 0 amide bonds. The first-order valence-electron chi connectivity index (χ1n) is 5.80. The first-order valence-corrected chi connectivity index (χ1v) is 6.18. The van der Waals surface area contributed by atoms with Crippen molar-refractivity contribution >= 4 is 22.8 Å². The average molecular weight is 252 g/mol. The van der Waals surface area contributed by atoms with Gasteiger partial charge in [-0.1, -0.05) is 25.4 Å². The fourth-order valence-electron chi connectivity index (χ4n) is 2.16. The summed E-state index contributed by atoms with van der Waals surface area (Å²) in [6, 6.07) is 2.04. The number of pyridine rings is 1. The van der Waals surface area contributed by atoms with E-state index in [2.05, 4.69) is 28.4 Å². The van der Waals surface area contributed by atoms with Crippen LogP contribution in [0.25, 0.3) is 11.2 Å². The maximum absolute atomic E-state index is 6.21. The van der Waals surface area contributed by atoms with E-state index in [1.807, 2.05) is 6.07 Å². The van der Waals surface area contributed by atoms with Crippen LogP contribution in [-0.4, -0.2) is 21.1 Å². The van der Waals surface area contributed by atoms with E-state index in [4.69, 9.17) is 16.3 Å². The summed E-state index contributed by atoms with van der Waals surface area (Å²) in [4.78, 5) is 9.03. The lowest BCUT2D eigenvalue weighted by Gasteiger charge is -2.14. The minimum Gasteiger partial charge on any atom is -0.372 e. The molecule has 0 radical (unpaired) electrons. The minimum atomic E-state index is 0.356. The fraction of sp³-hybridized carbons (Fsp3) is 0.500. The first-order chi connectivity index (χ1) is 8.16. The van der Waals surface area contributed by atoms with Crippen molar-refractivity contribution in [2.75, 3.05) is 6.61 Å². The average Bonchev–Trinajstić information content (AvgIpc) is 2.65. The largest absolute Gasteiger partial charge is 0.372 e. The van der Waals surface area contributed by atoms with Crippen LogP contribution in [0.15, 0.2) is 6.07 Å². The Morgan fingerprint density at radius 3 is 3.00 bits per heavy atom. The van der Waals surface area contributed by atoms with Crippen LogP contribution in [0.1, 0.15) is 31.2 Å². The lowest BCUT2D eigenvalue weighted by molar-refractivity contribution is 0.0828. The van der Waals surface area contributed by atoms with Gasteiger partial charge in [0.2, 0.25) is 0 Å². The van der Waals surface area contributed by atoms with Gasteiger partial charge in [-0.15, -0.1) is 0 Å². The second kappa shape index (κ2) is 3.96. The zero-order valence-electron chi connectivity index (χ0n) is 9.90. The highest BCUT2D eigenvalue weighted by Crippen LogP contribution is 2.27. The summed E-state index contributed by atoms with van der Waals surface area (Å²) in [6.07, 6.45) is 0. The first kappa shape index (κ1) is 11.0. The molecular weight excluding hydrogens is 238 g/mol. The number of aromatic nitrogens is 3. The van der Waals surface area contributed by atoms with E-state index in [1.54, 1.807) is 0 Å². The summed E-state index contributed by atoms with van der Waals surface area (Å²) in [6.45, 7) is 6.28. The number of hydrogen-bond donors (Lipinski definition) is 0. The van der Waals surface area contributed by atoms with Gasteiger partial charge in [-0.25, -0.2) is 9.97 Å². The maximum Gasteiger partial charge on any atom is 0.161 e. The molecule has 3 rings (SSSR count). The molecule has 1 aliphatic rings. The monoisotopic (exact) mass is 251 g/mol. The second-order valence-corrected chi connectivity index (χ2v) is 4.96. The van der Waals surface area contributed by atoms with Crippen LogP contribution in [0, 0.1) is 0 Å². The molecule has 4 nitrogen and oxygen atoms in total. The summed E-state index contributed by atoms with van der Waals surface area (Å²) in [5.41, 5.74) is 2.84. The molecule has 0 saturated carbocycles. The van der Waals surface area contributed by atoms with Gasteiger partial charge in [-0.2, -0.15) is 0 Å². The Morgan fingerprint density at radius 1 is 1.41 bits per heavy atom. The topological polar surface area (TPSA) is 39.9 Å². The molecule has 2 aromatic heterocycles. The second-order valence-electron chi connectivity index (χ2n) is 4.60. The van der Waals surface area contributed by atoms with Crippen LogP contribution in [0.5, 0.6) is 0 Å². The number of fused-ring (bicyclic) bond motifs is 3. The molecule has 90 valence electrons. The number of halogens is 1. The molecule has 2 aromatic rings. The Balaban J connectivity index is 2.24. The van der Waals surface area contributed by atoms with Crippen molar-refractivity contribution < 1.29 is 4.74 Å². The lowest BCUT2D eigenvalue weighted by Crippen LogP contribution is -2.16. The van der Waals surface area contributed by atoms with Crippen molar-refractivity contribution in [2.45, 2.75) is 32.9 Å². The Hall–Kier alpha value is -1.13. The predicted octanol–water partition coefficient (Wildman–Crippen LogP) is 2.74. The van der Waals surface area contributed by atoms with Gasteiger partial charge in [0.1, 0.15) is 23.1 Å². The molecule has 3 heterocycles. The molecule has 0 bridgehead atoms. The Labute approximate surface area is 105 Å². The summed E-state index contributed by atoms with van der Waals surface area (Å²) in [5, 5.41) is 0.585. The zero-order chi connectivity index (χ0) is 12.0. The lowest BCUT2D eigenvalue weighted by atomic mass is 10.1. The molecule has 0 aliphatic carbocycles. The summed E-state index contributed by atoms with van der Waals surface area (Å²) in [7, 11) is 0. The van der Waals surface area contributed by atoms with Crippen LogP contribution in [-0.2, 0) is 17.9 Å². The molecule has 17 heavy (non-hydrogen) atoms. The third kappa shape index (κ3) is 1.72. The van der Waals surface area contributed by atoms with Crippen molar-refractivity contribution in [1.82, 2.24) is 14.5 Å². The molecule has 0 aromatic carbocycles. The van der Waals surface area contributed by atoms with Crippen LogP contribution in [0.4, 0.5) is 0 Å². The molecular formula is C12H14ClN3O. The highest BCUT2D eigenvalue weighted by molar-refractivity contribution is 6.30. The van der Waals surface area contributed by atoms with E-state index < -0.39 is 0 Å². The number of nitrogens with zero attached hydrogens (tertiary/aromatic N) is 3. The van der Waals surface area contributed by atoms with Gasteiger partial charge >= 0.3 is 0 Å². The van der Waals surface area contributed by atoms with Gasteiger partial charge in [0.15, 0.2) is 5.65 Å². The summed E-state index contributed by atoms with van der Waals surface area (Å²) in [5.74, 6) is 1.30. The third-order valence-corrected chi connectivity index (χ3v) is 3.40. The Bertz CT molecular complexity index is 577. The molecule has 0 N–H and O–H groups in total. The third-order valence-electron chi connectivity index (χ3n) is 3.09. The van der Waals surface area contributed by atoms with Crippen LogP contribution >= 0.6 is 11.6 Å². The van der Waals surface area contributed by atoms with Crippen molar-refractivity contribution in [3.8, 4) is 0 Å². The molecule has 5 heteroatoms. The molecule has 0 unspecified atom stereocenters. The Kier molecular flexibility index (Phi) is 2.56. The van der Waals surface area contributed by atoms with Crippen LogP contribution in [0.3, 0.4) is 0 Å². The van der Waals surface area contributed by atoms with Crippen molar-refractivity contribution in [1.29, 1.82) is 0 Å². The molecule has 1 aliphatic heterocycles. The normalized spacial score (nSPS) is 15.5. The summed E-state index contributed by atoms with van der Waals surface area (Å²) < 4.78 is 7.48. The van der Waals surface area contributed by atoms with Gasteiger partial charge < -0.3 is 9.30 Å². The molecule has 0 fully saturated rings. The zero-order valence-corrected chi connectivity index (χ0v) is 10.7. The van der Waals surface area contributed by atoms with E-state index in [0.29, 0.717) is 24.3 Å². The summed E-state index contributed by atoms with van der Waals surface area (Å²) >= 11 is 6.21. The number of imidazole rings is 1. The van der Waals surface area contributed by atoms with Gasteiger partial charge in [0, 0.05) is 6.54 Å². The highest BCUT2D eigenvalue weighted by atomic mass is 35.5. The number of rotatable bonds is 1.